The van der Waals surface area contributed by atoms with E-state index in [2.05, 4.69) is 0 Å². The lowest BCUT2D eigenvalue weighted by atomic mass is 9.78. The largest absolute Gasteiger partial charge is 0.403 e. The quantitative estimate of drug-likeness (QED) is 0.430. The van der Waals surface area contributed by atoms with Gasteiger partial charge in [0.15, 0.2) is 5.41 Å². The number of thioether (sulfide) groups is 1. The molecule has 0 unspecified atom stereocenters. The molecule has 0 aliphatic heterocycles. The molecule has 0 saturated heterocycles. The van der Waals surface area contributed by atoms with Crippen molar-refractivity contribution in [2.45, 2.75) is 45.0 Å². The highest BCUT2D eigenvalue weighted by Gasteiger charge is 2.68. The predicted octanol–water partition coefficient (Wildman–Crippen LogP) is 4.33. The highest BCUT2D eigenvalue weighted by atomic mass is 32.2. The highest BCUT2D eigenvalue weighted by Crippen LogP contribution is 2.55. The Labute approximate surface area is 106 Å². The van der Waals surface area contributed by atoms with E-state index in [-0.39, 0.29) is 6.42 Å². The lowest BCUT2D eigenvalue weighted by Crippen LogP contribution is -2.49. The molecule has 0 aliphatic carbocycles. The Morgan fingerprint density at radius 1 is 0.944 bits per heavy atom. The van der Waals surface area contributed by atoms with Crippen LogP contribution in [0.5, 0.6) is 0 Å². The van der Waals surface area contributed by atoms with Crippen molar-refractivity contribution in [1.29, 1.82) is 0 Å². The Balaban J connectivity index is 4.69. The smallest absolute Gasteiger partial charge is 0.322 e. The minimum absolute atomic E-state index is 0.111. The molecule has 0 bridgehead atoms. The maximum Gasteiger partial charge on any atom is 0.403 e. The van der Waals surface area contributed by atoms with Crippen LogP contribution in [0.2, 0.25) is 0 Å². The fourth-order valence-corrected chi connectivity index (χ4v) is 2.31. The molecule has 0 aliphatic rings. The Kier molecular flexibility index (Phi) is 6.84. The minimum Gasteiger partial charge on any atom is -0.322 e. The van der Waals surface area contributed by atoms with Gasteiger partial charge >= 0.3 is 12.4 Å². The summed E-state index contributed by atoms with van der Waals surface area (Å²) in [5, 5.41) is 0. The molecule has 0 aromatic rings. The van der Waals surface area contributed by atoms with Crippen LogP contribution in [0.15, 0.2) is 0 Å². The van der Waals surface area contributed by atoms with E-state index in [1.165, 1.54) is 11.8 Å². The van der Waals surface area contributed by atoms with Gasteiger partial charge in [-0.1, -0.05) is 13.3 Å². The van der Waals surface area contributed by atoms with Crippen LogP contribution in [0.25, 0.3) is 0 Å². The van der Waals surface area contributed by atoms with E-state index in [1.807, 2.05) is 0 Å². The fourth-order valence-electron chi connectivity index (χ4n) is 1.74. The van der Waals surface area contributed by atoms with Gasteiger partial charge in [0.1, 0.15) is 0 Å². The first-order valence-electron chi connectivity index (χ1n) is 5.53. The van der Waals surface area contributed by atoms with Gasteiger partial charge in [-0.25, -0.2) is 0 Å². The van der Waals surface area contributed by atoms with Gasteiger partial charge in [-0.05, 0) is 25.0 Å². The van der Waals surface area contributed by atoms with Crippen LogP contribution in [0.1, 0.15) is 32.6 Å². The molecule has 0 fully saturated rings. The van der Waals surface area contributed by atoms with Crippen molar-refractivity contribution in [3.05, 3.63) is 0 Å². The second-order valence-corrected chi connectivity index (χ2v) is 5.11. The van der Waals surface area contributed by atoms with E-state index in [4.69, 9.17) is 5.73 Å². The molecule has 2 N–H and O–H groups in total. The molecule has 0 aromatic carbocycles. The van der Waals surface area contributed by atoms with Gasteiger partial charge in [0, 0.05) is 5.88 Å². The number of hydrogen-bond donors (Lipinski definition) is 1. The highest BCUT2D eigenvalue weighted by molar-refractivity contribution is 7.99. The average molecular weight is 297 g/mol. The standard InChI is InChI=1S/C10H17F6NS/c1-2-8(9(11,12)13,10(14,15)16)5-3-4-6-18-7-17/h2-7,17H2,1H3. The number of halogens is 6. The monoisotopic (exact) mass is 297 g/mol. The third-order valence-electron chi connectivity index (χ3n) is 2.95. The zero-order valence-corrected chi connectivity index (χ0v) is 10.8. The van der Waals surface area contributed by atoms with Crippen molar-refractivity contribution in [2.24, 2.45) is 11.1 Å². The van der Waals surface area contributed by atoms with Crippen LogP contribution in [0.4, 0.5) is 26.3 Å². The minimum atomic E-state index is -5.26. The number of unbranched alkanes of at least 4 members (excludes halogenated alkanes) is 1. The summed E-state index contributed by atoms with van der Waals surface area (Å²) in [7, 11) is 0. The molecule has 0 heterocycles. The summed E-state index contributed by atoms with van der Waals surface area (Å²) in [4.78, 5) is 0. The van der Waals surface area contributed by atoms with E-state index in [0.717, 1.165) is 6.92 Å². The van der Waals surface area contributed by atoms with E-state index < -0.39 is 30.6 Å². The van der Waals surface area contributed by atoms with Crippen LogP contribution in [0, 0.1) is 5.41 Å². The molecule has 1 nitrogen and oxygen atoms in total. The van der Waals surface area contributed by atoms with Crippen molar-refractivity contribution in [3.8, 4) is 0 Å². The van der Waals surface area contributed by atoms with Crippen LogP contribution in [0.3, 0.4) is 0 Å². The second kappa shape index (κ2) is 6.88. The molecule has 0 aromatic heterocycles. The summed E-state index contributed by atoms with van der Waals surface area (Å²) in [6.45, 7) is 0.926. The van der Waals surface area contributed by atoms with Gasteiger partial charge in [0.25, 0.3) is 0 Å². The SMILES string of the molecule is CCC(CCCCSCN)(C(F)(F)F)C(F)(F)F. The van der Waals surface area contributed by atoms with Gasteiger partial charge in [0.2, 0.25) is 0 Å². The van der Waals surface area contributed by atoms with Crippen molar-refractivity contribution in [2.75, 3.05) is 11.6 Å². The fraction of sp³-hybridized carbons (Fsp3) is 1.00. The average Bonchev–Trinajstić information content (AvgIpc) is 2.19. The number of alkyl halides is 6. The van der Waals surface area contributed by atoms with Crippen molar-refractivity contribution < 1.29 is 26.3 Å². The number of rotatable bonds is 7. The molecule has 0 atom stereocenters. The molecule has 0 rings (SSSR count). The lowest BCUT2D eigenvalue weighted by molar-refractivity contribution is -0.344. The summed E-state index contributed by atoms with van der Waals surface area (Å²) < 4.78 is 76.2. The van der Waals surface area contributed by atoms with Crippen LogP contribution < -0.4 is 5.73 Å². The number of hydrogen-bond acceptors (Lipinski definition) is 2. The second-order valence-electron chi connectivity index (χ2n) is 3.96. The third-order valence-corrected chi connectivity index (χ3v) is 3.76. The Hall–Kier alpha value is -0.110. The Bertz CT molecular complexity index is 224. The Morgan fingerprint density at radius 3 is 1.78 bits per heavy atom. The first-order valence-corrected chi connectivity index (χ1v) is 6.69. The first kappa shape index (κ1) is 17.9. The molecular formula is C10H17F6NS. The zero-order valence-electron chi connectivity index (χ0n) is 10.00. The van der Waals surface area contributed by atoms with E-state index in [0.29, 0.717) is 18.1 Å². The van der Waals surface area contributed by atoms with E-state index >= 15 is 0 Å². The molecular weight excluding hydrogens is 280 g/mol. The van der Waals surface area contributed by atoms with Crippen molar-refractivity contribution >= 4 is 11.8 Å². The molecule has 0 saturated carbocycles. The van der Waals surface area contributed by atoms with Gasteiger partial charge in [-0.2, -0.15) is 26.3 Å². The third kappa shape index (κ3) is 4.22. The van der Waals surface area contributed by atoms with Crippen LogP contribution >= 0.6 is 11.8 Å². The summed E-state index contributed by atoms with van der Waals surface area (Å²) in [6.07, 6.45) is -12.2. The van der Waals surface area contributed by atoms with Crippen molar-refractivity contribution in [3.63, 3.8) is 0 Å². The summed E-state index contributed by atoms with van der Waals surface area (Å²) in [5.41, 5.74) is 1.59. The summed E-state index contributed by atoms with van der Waals surface area (Å²) in [5.74, 6) is 0.795. The van der Waals surface area contributed by atoms with Gasteiger partial charge < -0.3 is 5.73 Å². The molecule has 0 spiro atoms. The van der Waals surface area contributed by atoms with Crippen LogP contribution in [-0.2, 0) is 0 Å². The van der Waals surface area contributed by atoms with E-state index in [1.54, 1.807) is 0 Å². The van der Waals surface area contributed by atoms with Gasteiger partial charge in [-0.3, -0.25) is 0 Å². The number of nitrogens with two attached hydrogens (primary N) is 1. The molecule has 0 radical (unpaired) electrons. The van der Waals surface area contributed by atoms with E-state index in [9.17, 15) is 26.3 Å². The molecule has 18 heavy (non-hydrogen) atoms. The van der Waals surface area contributed by atoms with Crippen LogP contribution in [-0.4, -0.2) is 24.0 Å². The lowest BCUT2D eigenvalue weighted by Gasteiger charge is -2.36. The predicted molar refractivity (Wildman–Crippen MR) is 60.2 cm³/mol. The first-order chi connectivity index (χ1) is 8.12. The van der Waals surface area contributed by atoms with Gasteiger partial charge in [0.05, 0.1) is 0 Å². The Morgan fingerprint density at radius 2 is 1.44 bits per heavy atom. The molecule has 110 valence electrons. The van der Waals surface area contributed by atoms with Crippen molar-refractivity contribution in [1.82, 2.24) is 0 Å². The summed E-state index contributed by atoms with van der Waals surface area (Å²) in [6, 6.07) is 0. The molecule has 0 amide bonds. The maximum atomic E-state index is 12.7. The normalized spacial score (nSPS) is 14.0. The van der Waals surface area contributed by atoms with Gasteiger partial charge in [-0.15, -0.1) is 11.8 Å². The summed E-state index contributed by atoms with van der Waals surface area (Å²) >= 11 is 1.30. The zero-order chi connectivity index (χ0) is 14.4. The maximum absolute atomic E-state index is 12.7. The topological polar surface area (TPSA) is 26.0 Å². The molecule has 8 heteroatoms.